The first-order valence-corrected chi connectivity index (χ1v) is 22.4. The van der Waals surface area contributed by atoms with Crippen molar-refractivity contribution in [3.63, 3.8) is 0 Å². The largest absolute Gasteiger partial charge is 0.323 e. The average Bonchev–Trinajstić information content (AvgIpc) is 3.12. The molecule has 4 aliphatic carbocycles. The third-order valence-electron chi connectivity index (χ3n) is 9.15. The Hall–Kier alpha value is -5.53. The summed E-state index contributed by atoms with van der Waals surface area (Å²) in [6, 6.07) is 10.5. The van der Waals surface area contributed by atoms with Crippen LogP contribution < -0.4 is 10.6 Å². The summed E-state index contributed by atoms with van der Waals surface area (Å²) < 4.78 is 133. The number of benzene rings is 2. The average molecular weight is 875 g/mol. The van der Waals surface area contributed by atoms with Crippen LogP contribution in [0.25, 0.3) is 0 Å². The van der Waals surface area contributed by atoms with Crippen LogP contribution in [0.4, 0.5) is 16.2 Å². The Labute approximate surface area is 331 Å². The van der Waals surface area contributed by atoms with Crippen LogP contribution in [-0.2, 0) is 40.5 Å². The highest BCUT2D eigenvalue weighted by molar-refractivity contribution is 7.90. The summed E-state index contributed by atoms with van der Waals surface area (Å²) in [5.74, 6) is -3.53. The topological polar surface area (TPSA) is 317 Å². The summed E-state index contributed by atoms with van der Waals surface area (Å²) in [6.07, 6.45) is 8.50. The molecule has 4 unspecified atom stereocenters. The standard InChI is InChI=1S/C35H30N4O15S4/c40-33(36-25-7-9-29-21(13-25)15-27(55(43,44)45)17-31(29)57(49,50)51)19-3-1-5-23(11-19)38-35(42)39-24-6-2-4-20(12-24)34(41)37-26-8-10-30-22(14-26)16-28(56(46,47)48)18-32(30)58(52,53)54/h1-12,15-18,29-32H,13-14H2,(H2,38,39,42)(H,43,44,45)(H,46,47,48)(H,49,50,51)(H,52,53,54). The highest BCUT2D eigenvalue weighted by atomic mass is 32.2. The summed E-state index contributed by atoms with van der Waals surface area (Å²) in [4.78, 5) is 45.7. The molecule has 6 rings (SSSR count). The number of nitrogens with zero attached hydrogens (tertiary/aromatic N) is 2. The second-order valence-corrected chi connectivity index (χ2v) is 19.2. The predicted octanol–water partition coefficient (Wildman–Crippen LogP) is 3.58. The van der Waals surface area contributed by atoms with Gasteiger partial charge in [0.05, 0.1) is 9.81 Å². The van der Waals surface area contributed by atoms with E-state index >= 15 is 0 Å². The Morgan fingerprint density at radius 1 is 0.586 bits per heavy atom. The number of nitrogens with one attached hydrogen (secondary N) is 2. The van der Waals surface area contributed by atoms with Gasteiger partial charge in [-0.1, -0.05) is 35.4 Å². The van der Waals surface area contributed by atoms with Gasteiger partial charge in [0.2, 0.25) is 0 Å². The van der Waals surface area contributed by atoms with E-state index in [-0.39, 0.29) is 57.9 Å². The normalized spacial score (nSPS) is 23.4. The molecule has 0 spiro atoms. The molecule has 0 saturated heterocycles. The maximum absolute atomic E-state index is 13.1. The number of allylic oxidation sites excluding steroid dienone is 8. The van der Waals surface area contributed by atoms with E-state index in [9.17, 15) is 66.3 Å². The van der Waals surface area contributed by atoms with Crippen molar-refractivity contribution in [3.05, 3.63) is 129 Å². The lowest BCUT2D eigenvalue weighted by Gasteiger charge is -2.29. The zero-order valence-corrected chi connectivity index (χ0v) is 32.5. The van der Waals surface area contributed by atoms with Crippen molar-refractivity contribution in [1.82, 2.24) is 0 Å². The molecule has 4 atom stereocenters. The van der Waals surface area contributed by atoms with Gasteiger partial charge >= 0.3 is 6.03 Å². The maximum atomic E-state index is 13.1. The minimum atomic E-state index is -4.84. The van der Waals surface area contributed by atoms with E-state index in [1.807, 2.05) is 0 Å². The van der Waals surface area contributed by atoms with Crippen LogP contribution in [0.2, 0.25) is 0 Å². The molecular weight excluding hydrogens is 845 g/mol. The Bertz CT molecular complexity index is 2680. The number of aliphatic imine (C=N–C) groups is 2. The molecule has 4 aliphatic rings. The molecule has 0 fully saturated rings. The van der Waals surface area contributed by atoms with Crippen LogP contribution in [0.5, 0.6) is 0 Å². The quantitative estimate of drug-likeness (QED) is 0.207. The van der Waals surface area contributed by atoms with Crippen molar-refractivity contribution in [2.45, 2.75) is 23.3 Å². The fourth-order valence-corrected chi connectivity index (χ4v) is 9.86. The van der Waals surface area contributed by atoms with Gasteiger partial charge in [-0.25, -0.2) is 14.8 Å². The number of hydrogen-bond acceptors (Lipinski definition) is 11. The van der Waals surface area contributed by atoms with Crippen molar-refractivity contribution in [2.24, 2.45) is 21.8 Å². The number of amides is 4. The number of rotatable bonds is 8. The van der Waals surface area contributed by atoms with Crippen LogP contribution in [0.15, 0.2) is 128 Å². The van der Waals surface area contributed by atoms with Crippen LogP contribution in [-0.4, -0.2) is 91.7 Å². The van der Waals surface area contributed by atoms with Crippen molar-refractivity contribution in [3.8, 4) is 0 Å². The van der Waals surface area contributed by atoms with Crippen molar-refractivity contribution in [1.29, 1.82) is 0 Å². The smallest absolute Gasteiger partial charge is 0.308 e. The Morgan fingerprint density at radius 2 is 0.966 bits per heavy atom. The number of hydrogen-bond donors (Lipinski definition) is 6. The molecule has 0 aromatic heterocycles. The number of carbonyl (C=O) groups is 3. The molecule has 0 heterocycles. The minimum absolute atomic E-state index is 0.0188. The Morgan fingerprint density at radius 3 is 1.31 bits per heavy atom. The molecule has 2 aromatic rings. The molecule has 0 bridgehead atoms. The van der Waals surface area contributed by atoms with Gasteiger partial charge in [0.1, 0.15) is 10.5 Å². The molecular formula is C35H30N4O15S4. The van der Waals surface area contributed by atoms with E-state index in [4.69, 9.17) is 0 Å². The first-order valence-electron chi connectivity index (χ1n) is 16.6. The third-order valence-corrected chi connectivity index (χ3v) is 13.1. The number of anilines is 2. The Balaban J connectivity index is 1.12. The van der Waals surface area contributed by atoms with E-state index in [0.717, 1.165) is 24.3 Å². The van der Waals surface area contributed by atoms with E-state index in [2.05, 4.69) is 20.6 Å². The summed E-state index contributed by atoms with van der Waals surface area (Å²) in [7, 11) is -19.3. The van der Waals surface area contributed by atoms with Crippen LogP contribution in [0.3, 0.4) is 0 Å². The Kier molecular flexibility index (Phi) is 11.4. The number of urea groups is 1. The highest BCUT2D eigenvalue weighted by Gasteiger charge is 2.39. The van der Waals surface area contributed by atoms with E-state index in [0.29, 0.717) is 0 Å². The number of fused-ring (bicyclic) bond motifs is 2. The molecule has 304 valence electrons. The van der Waals surface area contributed by atoms with E-state index in [1.54, 1.807) is 0 Å². The summed E-state index contributed by atoms with van der Waals surface area (Å²) in [5, 5.41) is 1.67. The lowest BCUT2D eigenvalue weighted by atomic mass is 9.83. The molecule has 0 radical (unpaired) electrons. The number of carbonyl (C=O) groups excluding carboxylic acids is 3. The SMILES string of the molecule is O=C(Nc1cccc(C(=O)N=C2C=CC3C(=CC(S(=O)(=O)O)=CC3S(=O)(=O)O)C2)c1)Nc1cccc(C(=O)N=C2C=CC3C(=CC(S(=O)(=O)O)=CC3S(=O)(=O)O)C2)c1. The van der Waals surface area contributed by atoms with Gasteiger partial charge in [0, 0.05) is 58.6 Å². The minimum Gasteiger partial charge on any atom is -0.308 e. The van der Waals surface area contributed by atoms with Crippen molar-refractivity contribution < 1.29 is 66.3 Å². The van der Waals surface area contributed by atoms with Gasteiger partial charge in [-0.15, -0.1) is 0 Å². The van der Waals surface area contributed by atoms with Crippen LogP contribution >= 0.6 is 0 Å². The lowest BCUT2D eigenvalue weighted by molar-refractivity contribution is 0.0994. The lowest BCUT2D eigenvalue weighted by Crippen LogP contribution is -2.33. The molecule has 0 aliphatic heterocycles. The van der Waals surface area contributed by atoms with Crippen LogP contribution in [0.1, 0.15) is 33.6 Å². The van der Waals surface area contributed by atoms with Gasteiger partial charge in [0.25, 0.3) is 52.3 Å². The van der Waals surface area contributed by atoms with Gasteiger partial charge < -0.3 is 10.6 Å². The maximum Gasteiger partial charge on any atom is 0.323 e. The fraction of sp³-hybridized carbons (Fsp3) is 0.171. The van der Waals surface area contributed by atoms with E-state index in [1.165, 1.54) is 72.8 Å². The molecule has 2 aromatic carbocycles. The van der Waals surface area contributed by atoms with Crippen molar-refractivity contribution >= 4 is 81.1 Å². The van der Waals surface area contributed by atoms with Gasteiger partial charge in [-0.2, -0.15) is 33.7 Å². The summed E-state index contributed by atoms with van der Waals surface area (Å²) in [5.41, 5.74) is 0.871. The molecule has 6 N–H and O–H groups in total. The zero-order valence-electron chi connectivity index (χ0n) is 29.3. The predicted molar refractivity (Wildman–Crippen MR) is 210 cm³/mol. The summed E-state index contributed by atoms with van der Waals surface area (Å²) >= 11 is 0. The molecule has 58 heavy (non-hydrogen) atoms. The highest BCUT2D eigenvalue weighted by Crippen LogP contribution is 2.37. The monoisotopic (exact) mass is 874 g/mol. The molecule has 0 saturated carbocycles. The van der Waals surface area contributed by atoms with Crippen LogP contribution in [0, 0.1) is 11.8 Å². The summed E-state index contributed by atoms with van der Waals surface area (Å²) in [6.45, 7) is 0. The van der Waals surface area contributed by atoms with Gasteiger partial charge in [0.15, 0.2) is 0 Å². The second kappa shape index (κ2) is 15.7. The second-order valence-electron chi connectivity index (χ2n) is 13.2. The van der Waals surface area contributed by atoms with Crippen molar-refractivity contribution in [2.75, 3.05) is 10.6 Å². The molecule has 4 amide bonds. The molecule has 19 nitrogen and oxygen atoms in total. The van der Waals surface area contributed by atoms with Gasteiger partial charge in [-0.05, 0) is 72.9 Å². The third kappa shape index (κ3) is 9.76. The van der Waals surface area contributed by atoms with Gasteiger partial charge in [-0.3, -0.25) is 27.8 Å². The first kappa shape index (κ1) is 42.1. The zero-order chi connectivity index (χ0) is 42.4. The molecule has 23 heteroatoms. The van der Waals surface area contributed by atoms with E-state index < -0.39 is 90.5 Å². The first-order chi connectivity index (χ1) is 27.0. The fourth-order valence-electron chi connectivity index (χ4n) is 6.54.